The van der Waals surface area contributed by atoms with Crippen LogP contribution in [0.15, 0.2) is 0 Å². The van der Waals surface area contributed by atoms with Gasteiger partial charge in [0.15, 0.2) is 0 Å². The van der Waals surface area contributed by atoms with Gasteiger partial charge in [-0.3, -0.25) is 0 Å². The molecule has 0 amide bonds. The molecule has 2 saturated heterocycles. The molecule has 0 aromatic rings. The average Bonchev–Trinajstić information content (AvgIpc) is 1.85. The van der Waals surface area contributed by atoms with Crippen LogP contribution in [0.4, 0.5) is 0 Å². The number of hydrogen-bond donors (Lipinski definition) is 1. The molecule has 7 heavy (non-hydrogen) atoms. The van der Waals surface area contributed by atoms with Crippen molar-refractivity contribution in [3.8, 4) is 0 Å². The highest BCUT2D eigenvalue weighted by Gasteiger charge is 2.35. The standard InChI is InChI=1S/C5H8NO/c1-4-2-7-3-5(4)6-1/h5-6H,1-3H2. The van der Waals surface area contributed by atoms with E-state index in [1.807, 2.05) is 0 Å². The van der Waals surface area contributed by atoms with Gasteiger partial charge in [-0.15, -0.1) is 0 Å². The lowest BCUT2D eigenvalue weighted by atomic mass is 9.96. The van der Waals surface area contributed by atoms with Gasteiger partial charge in [0, 0.05) is 18.5 Å². The van der Waals surface area contributed by atoms with Crippen LogP contribution in [-0.4, -0.2) is 25.8 Å². The molecule has 2 fully saturated rings. The minimum atomic E-state index is 0.639. The molecule has 39 valence electrons. The lowest BCUT2D eigenvalue weighted by molar-refractivity contribution is 0.198. The number of ether oxygens (including phenoxy) is 1. The second-order valence-corrected chi connectivity index (χ2v) is 2.11. The van der Waals surface area contributed by atoms with Crippen molar-refractivity contribution >= 4 is 0 Å². The second-order valence-electron chi connectivity index (χ2n) is 2.11. The van der Waals surface area contributed by atoms with E-state index >= 15 is 0 Å². The Morgan fingerprint density at radius 3 is 3.00 bits per heavy atom. The second kappa shape index (κ2) is 1.20. The Hall–Kier alpha value is -0.0800. The Kier molecular flexibility index (Phi) is 0.664. The fourth-order valence-electron chi connectivity index (χ4n) is 1.03. The van der Waals surface area contributed by atoms with E-state index in [0.717, 1.165) is 19.8 Å². The number of hydrogen-bond acceptors (Lipinski definition) is 2. The van der Waals surface area contributed by atoms with Crippen molar-refractivity contribution in [2.75, 3.05) is 19.8 Å². The summed E-state index contributed by atoms with van der Waals surface area (Å²) in [6.45, 7) is 2.93. The van der Waals surface area contributed by atoms with E-state index in [1.165, 1.54) is 0 Å². The zero-order valence-electron chi connectivity index (χ0n) is 4.11. The van der Waals surface area contributed by atoms with E-state index in [-0.39, 0.29) is 0 Å². The normalized spacial score (nSPS) is 40.3. The maximum absolute atomic E-state index is 5.13. The Balaban J connectivity index is 2.03. The molecular weight excluding hydrogens is 90.1 g/mol. The van der Waals surface area contributed by atoms with Crippen LogP contribution in [0.2, 0.25) is 0 Å². The van der Waals surface area contributed by atoms with Crippen LogP contribution in [0.25, 0.3) is 0 Å². The fraction of sp³-hybridized carbons (Fsp3) is 0.800. The Morgan fingerprint density at radius 1 is 1.71 bits per heavy atom. The molecule has 2 aliphatic rings. The van der Waals surface area contributed by atoms with Crippen LogP contribution in [0, 0.1) is 5.92 Å². The molecule has 2 aliphatic heterocycles. The lowest BCUT2D eigenvalue weighted by Crippen LogP contribution is -2.50. The van der Waals surface area contributed by atoms with Crippen molar-refractivity contribution in [3.63, 3.8) is 0 Å². The summed E-state index contributed by atoms with van der Waals surface area (Å²) in [5.74, 6) is 1.56. The Bertz CT molecular complexity index is 74.1. The first-order chi connectivity index (χ1) is 3.47. The van der Waals surface area contributed by atoms with Crippen LogP contribution >= 0.6 is 0 Å². The third kappa shape index (κ3) is 0.409. The van der Waals surface area contributed by atoms with E-state index < -0.39 is 0 Å². The summed E-state index contributed by atoms with van der Waals surface area (Å²) < 4.78 is 5.13. The van der Waals surface area contributed by atoms with Gasteiger partial charge in [0.05, 0.1) is 13.2 Å². The molecule has 2 nitrogen and oxygen atoms in total. The molecule has 2 heteroatoms. The lowest BCUT2D eigenvalue weighted by Gasteiger charge is -2.28. The van der Waals surface area contributed by atoms with Crippen molar-refractivity contribution in [3.05, 3.63) is 5.92 Å². The minimum Gasteiger partial charge on any atom is -0.379 e. The first-order valence-electron chi connectivity index (χ1n) is 2.62. The minimum absolute atomic E-state index is 0.639. The highest BCUT2D eigenvalue weighted by atomic mass is 16.5. The molecule has 2 rings (SSSR count). The first kappa shape index (κ1) is 3.87. The predicted molar refractivity (Wildman–Crippen MR) is 25.9 cm³/mol. The third-order valence-corrected chi connectivity index (χ3v) is 1.64. The predicted octanol–water partition coefficient (Wildman–Crippen LogP) is -0.437. The molecule has 1 radical (unpaired) electrons. The van der Waals surface area contributed by atoms with Crippen molar-refractivity contribution < 1.29 is 4.74 Å². The monoisotopic (exact) mass is 98.1 g/mol. The molecule has 1 atom stereocenters. The molecule has 0 bridgehead atoms. The molecule has 0 saturated carbocycles. The van der Waals surface area contributed by atoms with Gasteiger partial charge in [0.1, 0.15) is 0 Å². The fourth-order valence-corrected chi connectivity index (χ4v) is 1.03. The third-order valence-electron chi connectivity index (χ3n) is 1.64. The zero-order chi connectivity index (χ0) is 4.69. The Morgan fingerprint density at radius 2 is 2.71 bits per heavy atom. The van der Waals surface area contributed by atoms with Crippen LogP contribution < -0.4 is 5.32 Å². The quantitative estimate of drug-likeness (QED) is 0.443. The largest absolute Gasteiger partial charge is 0.379 e. The van der Waals surface area contributed by atoms with Crippen molar-refractivity contribution in [1.82, 2.24) is 5.32 Å². The van der Waals surface area contributed by atoms with E-state index in [1.54, 1.807) is 5.92 Å². The molecule has 0 aliphatic carbocycles. The summed E-state index contributed by atoms with van der Waals surface area (Å²) in [6, 6.07) is 0.639. The highest BCUT2D eigenvalue weighted by molar-refractivity contribution is 5.15. The van der Waals surface area contributed by atoms with Gasteiger partial charge in [0.2, 0.25) is 0 Å². The molecule has 0 aromatic heterocycles. The summed E-state index contributed by atoms with van der Waals surface area (Å²) in [5.41, 5.74) is 0. The molecule has 0 aromatic carbocycles. The molecule has 2 heterocycles. The van der Waals surface area contributed by atoms with Crippen LogP contribution in [0.5, 0.6) is 0 Å². The summed E-state index contributed by atoms with van der Waals surface area (Å²) in [7, 11) is 0. The van der Waals surface area contributed by atoms with Crippen LogP contribution in [0.3, 0.4) is 0 Å². The molecule has 1 N–H and O–H groups in total. The summed E-state index contributed by atoms with van der Waals surface area (Å²) in [5, 5.41) is 3.25. The van der Waals surface area contributed by atoms with Gasteiger partial charge in [0.25, 0.3) is 0 Å². The van der Waals surface area contributed by atoms with E-state index in [0.29, 0.717) is 6.04 Å². The average molecular weight is 98.1 g/mol. The number of fused-ring (bicyclic) bond motifs is 1. The summed E-state index contributed by atoms with van der Waals surface area (Å²) in [4.78, 5) is 0. The highest BCUT2D eigenvalue weighted by Crippen LogP contribution is 2.21. The van der Waals surface area contributed by atoms with Crippen molar-refractivity contribution in [1.29, 1.82) is 0 Å². The van der Waals surface area contributed by atoms with Gasteiger partial charge < -0.3 is 10.1 Å². The maximum Gasteiger partial charge on any atom is 0.0626 e. The van der Waals surface area contributed by atoms with Gasteiger partial charge >= 0.3 is 0 Å². The van der Waals surface area contributed by atoms with Gasteiger partial charge in [-0.2, -0.15) is 0 Å². The number of rotatable bonds is 0. The van der Waals surface area contributed by atoms with Crippen molar-refractivity contribution in [2.45, 2.75) is 6.04 Å². The SMILES string of the molecule is C1NC2COC[C]12. The topological polar surface area (TPSA) is 21.3 Å². The van der Waals surface area contributed by atoms with Crippen molar-refractivity contribution in [2.24, 2.45) is 0 Å². The van der Waals surface area contributed by atoms with E-state index in [4.69, 9.17) is 4.74 Å². The molecular formula is C5H8NO. The van der Waals surface area contributed by atoms with E-state index in [9.17, 15) is 0 Å². The van der Waals surface area contributed by atoms with Crippen LogP contribution in [0.1, 0.15) is 0 Å². The van der Waals surface area contributed by atoms with Crippen LogP contribution in [-0.2, 0) is 4.74 Å². The first-order valence-corrected chi connectivity index (χ1v) is 2.62. The summed E-state index contributed by atoms with van der Waals surface area (Å²) in [6.07, 6.45) is 0. The molecule has 0 spiro atoms. The summed E-state index contributed by atoms with van der Waals surface area (Å²) >= 11 is 0. The zero-order valence-corrected chi connectivity index (χ0v) is 4.11. The number of nitrogens with one attached hydrogen (secondary N) is 1. The van der Waals surface area contributed by atoms with Gasteiger partial charge in [-0.1, -0.05) is 0 Å². The molecule has 1 unspecified atom stereocenters. The smallest absolute Gasteiger partial charge is 0.0626 e. The Labute approximate surface area is 42.9 Å². The maximum atomic E-state index is 5.13. The van der Waals surface area contributed by atoms with Gasteiger partial charge in [-0.25, -0.2) is 0 Å². The van der Waals surface area contributed by atoms with E-state index in [2.05, 4.69) is 5.32 Å². The van der Waals surface area contributed by atoms with Gasteiger partial charge in [-0.05, 0) is 0 Å².